The van der Waals surface area contributed by atoms with Crippen molar-refractivity contribution in [1.82, 2.24) is 15.2 Å². The van der Waals surface area contributed by atoms with Gasteiger partial charge in [-0.1, -0.05) is 24.3 Å². The number of rotatable bonds is 5. The van der Waals surface area contributed by atoms with Gasteiger partial charge in [-0.3, -0.25) is 9.88 Å². The van der Waals surface area contributed by atoms with E-state index in [1.807, 2.05) is 12.3 Å². The van der Waals surface area contributed by atoms with E-state index in [9.17, 15) is 0 Å². The normalized spacial score (nSPS) is 20.0. The van der Waals surface area contributed by atoms with Gasteiger partial charge in [0.2, 0.25) is 0 Å². The van der Waals surface area contributed by atoms with E-state index in [4.69, 9.17) is 4.74 Å². The molecule has 1 spiro atoms. The van der Waals surface area contributed by atoms with Crippen LogP contribution in [0, 0.1) is 5.41 Å². The maximum atomic E-state index is 6.09. The van der Waals surface area contributed by atoms with Gasteiger partial charge in [0.1, 0.15) is 12.4 Å². The standard InChI is InChI=1S/C21H27N3O/c1-2-6-20(25-16-18-4-3-10-23-14-18)19(5-1)15-24-13-9-21(17-24)7-11-22-12-8-21/h1-6,10,14,22H,7-9,11-13,15-17H2. The van der Waals surface area contributed by atoms with Gasteiger partial charge in [-0.25, -0.2) is 0 Å². The van der Waals surface area contributed by atoms with Crippen LogP contribution >= 0.6 is 0 Å². The molecule has 4 rings (SSSR count). The molecular formula is C21H27N3O. The van der Waals surface area contributed by atoms with Crippen LogP contribution in [0.4, 0.5) is 0 Å². The molecule has 2 saturated heterocycles. The minimum Gasteiger partial charge on any atom is -0.489 e. The Kier molecular flexibility index (Phi) is 4.99. The Labute approximate surface area is 150 Å². The molecule has 25 heavy (non-hydrogen) atoms. The summed E-state index contributed by atoms with van der Waals surface area (Å²) in [6.45, 7) is 6.35. The number of pyridine rings is 1. The molecule has 2 aromatic rings. The van der Waals surface area contributed by atoms with Gasteiger partial charge in [0.05, 0.1) is 0 Å². The molecule has 0 unspecified atom stereocenters. The van der Waals surface area contributed by atoms with Crippen molar-refractivity contribution in [2.24, 2.45) is 5.41 Å². The summed E-state index contributed by atoms with van der Waals surface area (Å²) in [6.07, 6.45) is 7.64. The van der Waals surface area contributed by atoms with Gasteiger partial charge in [-0.2, -0.15) is 0 Å². The Hall–Kier alpha value is -1.91. The lowest BCUT2D eigenvalue weighted by atomic mass is 9.78. The minimum atomic E-state index is 0.552. The number of nitrogens with zero attached hydrogens (tertiary/aromatic N) is 2. The van der Waals surface area contributed by atoms with Crippen LogP contribution < -0.4 is 10.1 Å². The van der Waals surface area contributed by atoms with Crippen molar-refractivity contribution in [2.45, 2.75) is 32.4 Å². The lowest BCUT2D eigenvalue weighted by Gasteiger charge is -2.34. The highest BCUT2D eigenvalue weighted by molar-refractivity contribution is 5.33. The third-order valence-corrected chi connectivity index (χ3v) is 5.67. The number of aromatic nitrogens is 1. The maximum absolute atomic E-state index is 6.09. The predicted molar refractivity (Wildman–Crippen MR) is 99.4 cm³/mol. The average Bonchev–Trinajstić information content (AvgIpc) is 3.04. The molecule has 0 saturated carbocycles. The molecule has 2 aliphatic rings. The lowest BCUT2D eigenvalue weighted by molar-refractivity contribution is 0.192. The van der Waals surface area contributed by atoms with Gasteiger partial charge in [0.15, 0.2) is 0 Å². The number of likely N-dealkylation sites (tertiary alicyclic amines) is 1. The van der Waals surface area contributed by atoms with Crippen LogP contribution in [0.2, 0.25) is 0 Å². The fraction of sp³-hybridized carbons (Fsp3) is 0.476. The molecule has 3 heterocycles. The Morgan fingerprint density at radius 3 is 2.80 bits per heavy atom. The molecule has 4 nitrogen and oxygen atoms in total. The van der Waals surface area contributed by atoms with Gasteiger partial charge in [-0.15, -0.1) is 0 Å². The van der Waals surface area contributed by atoms with Crippen LogP contribution in [0.3, 0.4) is 0 Å². The van der Waals surface area contributed by atoms with E-state index >= 15 is 0 Å². The van der Waals surface area contributed by atoms with Crippen molar-refractivity contribution in [2.75, 3.05) is 26.2 Å². The van der Waals surface area contributed by atoms with Gasteiger partial charge in [0.25, 0.3) is 0 Å². The first kappa shape index (κ1) is 16.6. The van der Waals surface area contributed by atoms with Gasteiger partial charge in [0, 0.05) is 36.6 Å². The van der Waals surface area contributed by atoms with E-state index in [2.05, 4.69) is 45.5 Å². The maximum Gasteiger partial charge on any atom is 0.124 e. The summed E-state index contributed by atoms with van der Waals surface area (Å²) in [6, 6.07) is 12.5. The molecule has 1 N–H and O–H groups in total. The zero-order valence-corrected chi connectivity index (χ0v) is 14.8. The first-order valence-corrected chi connectivity index (χ1v) is 9.36. The molecule has 0 bridgehead atoms. The summed E-state index contributed by atoms with van der Waals surface area (Å²) in [5.74, 6) is 0.998. The zero-order valence-electron chi connectivity index (χ0n) is 14.8. The molecule has 132 valence electrons. The van der Waals surface area contributed by atoms with Gasteiger partial charge in [-0.05, 0) is 56.4 Å². The van der Waals surface area contributed by atoms with Crippen LogP contribution in [0.1, 0.15) is 30.4 Å². The number of hydrogen-bond donors (Lipinski definition) is 1. The Balaban J connectivity index is 1.39. The molecule has 0 aliphatic carbocycles. The highest BCUT2D eigenvalue weighted by Crippen LogP contribution is 2.39. The molecule has 1 aromatic carbocycles. The summed E-state index contributed by atoms with van der Waals surface area (Å²) < 4.78 is 6.09. The summed E-state index contributed by atoms with van der Waals surface area (Å²) in [5.41, 5.74) is 2.95. The Bertz CT molecular complexity index is 683. The third kappa shape index (κ3) is 4.02. The van der Waals surface area contributed by atoms with E-state index in [-0.39, 0.29) is 0 Å². The van der Waals surface area contributed by atoms with E-state index in [0.29, 0.717) is 12.0 Å². The van der Waals surface area contributed by atoms with Crippen LogP contribution in [0.15, 0.2) is 48.8 Å². The van der Waals surface area contributed by atoms with E-state index in [1.165, 1.54) is 51.0 Å². The molecule has 0 radical (unpaired) electrons. The van der Waals surface area contributed by atoms with Crippen molar-refractivity contribution >= 4 is 0 Å². The zero-order chi connectivity index (χ0) is 17.0. The molecular weight excluding hydrogens is 310 g/mol. The second kappa shape index (κ2) is 7.54. The van der Waals surface area contributed by atoms with E-state index in [0.717, 1.165) is 17.9 Å². The largest absolute Gasteiger partial charge is 0.489 e. The summed E-state index contributed by atoms with van der Waals surface area (Å²) in [7, 11) is 0. The monoisotopic (exact) mass is 337 g/mol. The second-order valence-corrected chi connectivity index (χ2v) is 7.47. The van der Waals surface area contributed by atoms with Crippen LogP contribution in [-0.4, -0.2) is 36.1 Å². The predicted octanol–water partition coefficient (Wildman–Crippen LogP) is 3.24. The van der Waals surface area contributed by atoms with Crippen LogP contribution in [0.25, 0.3) is 0 Å². The topological polar surface area (TPSA) is 37.4 Å². The van der Waals surface area contributed by atoms with E-state index < -0.39 is 0 Å². The Morgan fingerprint density at radius 2 is 1.96 bits per heavy atom. The molecule has 4 heteroatoms. The third-order valence-electron chi connectivity index (χ3n) is 5.67. The minimum absolute atomic E-state index is 0.552. The number of hydrogen-bond acceptors (Lipinski definition) is 4. The summed E-state index contributed by atoms with van der Waals surface area (Å²) in [4.78, 5) is 6.77. The second-order valence-electron chi connectivity index (χ2n) is 7.47. The van der Waals surface area contributed by atoms with Crippen molar-refractivity contribution in [1.29, 1.82) is 0 Å². The average molecular weight is 337 g/mol. The lowest BCUT2D eigenvalue weighted by Crippen LogP contribution is -2.38. The fourth-order valence-electron chi connectivity index (χ4n) is 4.19. The first-order chi connectivity index (χ1) is 12.3. The number of nitrogens with one attached hydrogen (secondary N) is 1. The smallest absolute Gasteiger partial charge is 0.124 e. The molecule has 1 aromatic heterocycles. The molecule has 0 atom stereocenters. The molecule has 2 aliphatic heterocycles. The van der Waals surface area contributed by atoms with Crippen molar-refractivity contribution < 1.29 is 4.74 Å². The highest BCUT2D eigenvalue weighted by Gasteiger charge is 2.38. The first-order valence-electron chi connectivity index (χ1n) is 9.36. The summed E-state index contributed by atoms with van der Waals surface area (Å²) >= 11 is 0. The van der Waals surface area contributed by atoms with Crippen LogP contribution in [0.5, 0.6) is 5.75 Å². The fourth-order valence-corrected chi connectivity index (χ4v) is 4.19. The van der Waals surface area contributed by atoms with Gasteiger partial charge >= 0.3 is 0 Å². The van der Waals surface area contributed by atoms with Gasteiger partial charge < -0.3 is 10.1 Å². The quantitative estimate of drug-likeness (QED) is 0.909. The summed E-state index contributed by atoms with van der Waals surface area (Å²) in [5, 5.41) is 3.50. The highest BCUT2D eigenvalue weighted by atomic mass is 16.5. The van der Waals surface area contributed by atoms with Crippen molar-refractivity contribution in [3.05, 3.63) is 59.9 Å². The number of ether oxygens (including phenoxy) is 1. The number of para-hydroxylation sites is 1. The number of benzene rings is 1. The van der Waals surface area contributed by atoms with Crippen molar-refractivity contribution in [3.8, 4) is 5.75 Å². The van der Waals surface area contributed by atoms with E-state index in [1.54, 1.807) is 6.20 Å². The SMILES string of the molecule is c1cncc(COc2ccccc2CN2CCC3(CCNCC3)C2)c1. The molecule has 0 amide bonds. The number of piperidine rings is 1. The van der Waals surface area contributed by atoms with Crippen molar-refractivity contribution in [3.63, 3.8) is 0 Å². The Morgan fingerprint density at radius 1 is 1.08 bits per heavy atom. The molecule has 2 fully saturated rings. The van der Waals surface area contributed by atoms with Crippen LogP contribution in [-0.2, 0) is 13.2 Å².